The molecular formula is C18H22N2O8S. The number of hydrogen-bond acceptors (Lipinski definition) is 8. The van der Waals surface area contributed by atoms with Gasteiger partial charge >= 0.3 is 11.7 Å². The second kappa shape index (κ2) is 10.5. The summed E-state index contributed by atoms with van der Waals surface area (Å²) in [6.45, 7) is 3.73. The number of aryl methyl sites for hydroxylation is 1. The number of carbonyl (C=O) groups is 1. The number of benzene rings is 2. The summed E-state index contributed by atoms with van der Waals surface area (Å²) in [6.07, 6.45) is 0.111. The van der Waals surface area contributed by atoms with Crippen LogP contribution in [0.15, 0.2) is 47.4 Å². The number of phenolic OH excluding ortho intramolecular Hbond substituents is 1. The van der Waals surface area contributed by atoms with Gasteiger partial charge in [0.1, 0.15) is 6.04 Å². The molecule has 0 saturated carbocycles. The van der Waals surface area contributed by atoms with Crippen LogP contribution in [0.25, 0.3) is 0 Å². The van der Waals surface area contributed by atoms with Crippen molar-refractivity contribution in [2.24, 2.45) is 5.73 Å². The minimum absolute atomic E-state index is 0.0666. The van der Waals surface area contributed by atoms with Gasteiger partial charge < -0.3 is 15.6 Å². The molecule has 0 saturated heterocycles. The van der Waals surface area contributed by atoms with E-state index in [4.69, 9.17) is 15.0 Å². The highest BCUT2D eigenvalue weighted by Gasteiger charge is 2.18. The van der Waals surface area contributed by atoms with E-state index in [2.05, 4.69) is 0 Å². The van der Waals surface area contributed by atoms with Gasteiger partial charge in [0, 0.05) is 6.07 Å². The summed E-state index contributed by atoms with van der Waals surface area (Å²) >= 11 is 0. The summed E-state index contributed by atoms with van der Waals surface area (Å²) in [5.41, 5.74) is 6.62. The van der Waals surface area contributed by atoms with Crippen LogP contribution in [0.4, 0.5) is 5.69 Å². The van der Waals surface area contributed by atoms with E-state index in [9.17, 15) is 28.4 Å². The Hall–Kier alpha value is -3.02. The zero-order chi connectivity index (χ0) is 22.2. The Morgan fingerprint density at radius 2 is 1.83 bits per heavy atom. The number of phenols is 1. The third-order valence-electron chi connectivity index (χ3n) is 3.60. The quantitative estimate of drug-likeness (QED) is 0.270. The minimum Gasteiger partial charge on any atom is -0.502 e. The molecule has 158 valence electrons. The first kappa shape index (κ1) is 24.0. The Morgan fingerprint density at radius 3 is 2.31 bits per heavy atom. The van der Waals surface area contributed by atoms with E-state index in [0.717, 1.165) is 5.56 Å². The van der Waals surface area contributed by atoms with E-state index in [1.807, 2.05) is 6.92 Å². The molecule has 0 amide bonds. The third-order valence-corrected chi connectivity index (χ3v) is 4.47. The first-order valence-electron chi connectivity index (χ1n) is 8.38. The molecule has 2 aromatic carbocycles. The first-order chi connectivity index (χ1) is 13.5. The Balaban J connectivity index is 0.000000326. The van der Waals surface area contributed by atoms with Crippen molar-refractivity contribution in [3.8, 4) is 5.75 Å². The normalized spacial score (nSPS) is 11.7. The molecule has 0 aromatic heterocycles. The van der Waals surface area contributed by atoms with E-state index in [1.165, 1.54) is 30.3 Å². The molecule has 0 spiro atoms. The highest BCUT2D eigenvalue weighted by molar-refractivity contribution is 7.85. The van der Waals surface area contributed by atoms with Crippen LogP contribution in [0.3, 0.4) is 0 Å². The maximum Gasteiger partial charge on any atom is 0.323 e. The van der Waals surface area contributed by atoms with Crippen molar-refractivity contribution >= 4 is 21.8 Å². The average molecular weight is 426 g/mol. The summed E-state index contributed by atoms with van der Waals surface area (Å²) in [5, 5.41) is 19.9. The number of ether oxygens (including phenoxy) is 1. The van der Waals surface area contributed by atoms with Crippen molar-refractivity contribution < 1.29 is 32.5 Å². The molecular weight excluding hydrogens is 404 g/mol. The Bertz CT molecular complexity index is 958. The standard InChI is InChI=1S/C11H14N2O5.C7H8O3S/c1-2-18-11(15)8(12)5-7-3-4-10(14)9(6-7)13(16)17;1-6-2-4-7(5-3-6)11(8,9)10/h3-4,6,8,14H,2,5,12H2,1H3;2-5H,1H3,(H,8,9,10). The monoisotopic (exact) mass is 426 g/mol. The fourth-order valence-corrected chi connectivity index (χ4v) is 2.62. The lowest BCUT2D eigenvalue weighted by Gasteiger charge is -2.10. The molecule has 4 N–H and O–H groups in total. The Labute approximate surface area is 167 Å². The molecule has 1 unspecified atom stereocenters. The van der Waals surface area contributed by atoms with Gasteiger partial charge in [-0.1, -0.05) is 23.8 Å². The van der Waals surface area contributed by atoms with Crippen molar-refractivity contribution in [3.63, 3.8) is 0 Å². The fraction of sp³-hybridized carbons (Fsp3) is 0.278. The number of rotatable bonds is 6. The molecule has 1 atom stereocenters. The van der Waals surface area contributed by atoms with Gasteiger partial charge in [-0.05, 0) is 44.0 Å². The molecule has 0 fully saturated rings. The largest absolute Gasteiger partial charge is 0.502 e. The molecule has 0 aliphatic heterocycles. The van der Waals surface area contributed by atoms with Gasteiger partial charge in [-0.25, -0.2) is 0 Å². The van der Waals surface area contributed by atoms with E-state index >= 15 is 0 Å². The summed E-state index contributed by atoms with van der Waals surface area (Å²) < 4.78 is 34.3. The van der Waals surface area contributed by atoms with Crippen LogP contribution >= 0.6 is 0 Å². The molecule has 0 aliphatic rings. The topological polar surface area (TPSA) is 170 Å². The number of hydrogen-bond donors (Lipinski definition) is 3. The van der Waals surface area contributed by atoms with Crippen LogP contribution < -0.4 is 5.73 Å². The summed E-state index contributed by atoms with van der Waals surface area (Å²) in [4.78, 5) is 21.2. The number of aromatic hydroxyl groups is 1. The van der Waals surface area contributed by atoms with E-state index in [0.29, 0.717) is 5.56 Å². The highest BCUT2D eigenvalue weighted by atomic mass is 32.2. The van der Waals surface area contributed by atoms with Gasteiger partial charge in [-0.3, -0.25) is 19.5 Å². The van der Waals surface area contributed by atoms with Crippen LogP contribution in [-0.4, -0.2) is 41.6 Å². The van der Waals surface area contributed by atoms with E-state index in [-0.39, 0.29) is 17.9 Å². The van der Waals surface area contributed by atoms with Crippen LogP contribution in [0.5, 0.6) is 5.75 Å². The lowest BCUT2D eigenvalue weighted by molar-refractivity contribution is -0.385. The SMILES string of the molecule is CCOC(=O)C(N)Cc1ccc(O)c([N+](=O)[O-])c1.Cc1ccc(S(=O)(=O)O)cc1. The number of nitrogens with zero attached hydrogens (tertiary/aromatic N) is 1. The minimum atomic E-state index is -4.02. The van der Waals surface area contributed by atoms with Crippen LogP contribution in [-0.2, 0) is 26.1 Å². The Morgan fingerprint density at radius 1 is 1.24 bits per heavy atom. The molecule has 2 aromatic rings. The number of nitro groups is 1. The van der Waals surface area contributed by atoms with Gasteiger partial charge in [-0.2, -0.15) is 8.42 Å². The highest BCUT2D eigenvalue weighted by Crippen LogP contribution is 2.26. The predicted octanol–water partition coefficient (Wildman–Crippen LogP) is 1.98. The fourth-order valence-electron chi connectivity index (χ4n) is 2.14. The second-order valence-corrected chi connectivity index (χ2v) is 7.35. The van der Waals surface area contributed by atoms with Crippen LogP contribution in [0.2, 0.25) is 0 Å². The average Bonchev–Trinajstić information content (AvgIpc) is 2.63. The lowest BCUT2D eigenvalue weighted by Crippen LogP contribution is -2.34. The van der Waals surface area contributed by atoms with Crippen LogP contribution in [0, 0.1) is 17.0 Å². The van der Waals surface area contributed by atoms with Crippen molar-refractivity contribution in [2.45, 2.75) is 31.2 Å². The van der Waals surface area contributed by atoms with Gasteiger partial charge in [-0.15, -0.1) is 0 Å². The smallest absolute Gasteiger partial charge is 0.323 e. The number of carbonyl (C=O) groups excluding carboxylic acids is 1. The Kier molecular flexibility index (Phi) is 8.70. The summed E-state index contributed by atoms with van der Waals surface area (Å²) in [7, 11) is -4.02. The molecule has 0 radical (unpaired) electrons. The molecule has 10 nitrogen and oxygen atoms in total. The van der Waals surface area contributed by atoms with Crippen molar-refractivity contribution in [1.82, 2.24) is 0 Å². The van der Waals surface area contributed by atoms with E-state index in [1.54, 1.807) is 19.1 Å². The lowest BCUT2D eigenvalue weighted by atomic mass is 10.1. The summed E-state index contributed by atoms with van der Waals surface area (Å²) in [6, 6.07) is 8.97. The third kappa shape index (κ3) is 7.86. The van der Waals surface area contributed by atoms with Crippen LogP contribution in [0.1, 0.15) is 18.1 Å². The maximum absolute atomic E-state index is 11.3. The zero-order valence-corrected chi connectivity index (χ0v) is 16.6. The van der Waals surface area contributed by atoms with E-state index < -0.39 is 38.5 Å². The number of esters is 1. The van der Waals surface area contributed by atoms with Crippen molar-refractivity contribution in [3.05, 3.63) is 63.7 Å². The first-order valence-corrected chi connectivity index (χ1v) is 9.82. The predicted molar refractivity (Wildman–Crippen MR) is 104 cm³/mol. The van der Waals surface area contributed by atoms with Gasteiger partial charge in [0.05, 0.1) is 16.4 Å². The molecule has 11 heteroatoms. The van der Waals surface area contributed by atoms with Crippen molar-refractivity contribution in [1.29, 1.82) is 0 Å². The molecule has 29 heavy (non-hydrogen) atoms. The number of nitrogens with two attached hydrogens (primary N) is 1. The number of nitro benzene ring substituents is 1. The second-order valence-electron chi connectivity index (χ2n) is 5.93. The van der Waals surface area contributed by atoms with Gasteiger partial charge in [0.15, 0.2) is 5.75 Å². The molecule has 2 rings (SSSR count). The van der Waals surface area contributed by atoms with Crippen molar-refractivity contribution in [2.75, 3.05) is 6.61 Å². The van der Waals surface area contributed by atoms with Gasteiger partial charge in [0.2, 0.25) is 0 Å². The molecule has 0 aliphatic carbocycles. The zero-order valence-electron chi connectivity index (χ0n) is 15.8. The molecule has 0 bridgehead atoms. The maximum atomic E-state index is 11.3. The van der Waals surface area contributed by atoms with Gasteiger partial charge in [0.25, 0.3) is 10.1 Å². The molecule has 0 heterocycles. The summed E-state index contributed by atoms with van der Waals surface area (Å²) in [5.74, 6) is -0.985.